The van der Waals surface area contributed by atoms with Gasteiger partial charge in [-0.25, -0.2) is 4.68 Å². The van der Waals surface area contributed by atoms with Gasteiger partial charge in [0.15, 0.2) is 5.69 Å². The Hall–Kier alpha value is -3.39. The van der Waals surface area contributed by atoms with Crippen molar-refractivity contribution in [2.45, 2.75) is 6.42 Å². The molecule has 2 N–H and O–H groups in total. The Morgan fingerprint density at radius 2 is 1.73 bits per heavy atom. The molecule has 0 atom stereocenters. The highest BCUT2D eigenvalue weighted by molar-refractivity contribution is 6.35. The highest BCUT2D eigenvalue weighted by Crippen LogP contribution is 2.34. The Kier molecular flexibility index (Phi) is 6.65. The molecule has 4 rings (SSSR count). The third-order valence-corrected chi connectivity index (χ3v) is 5.49. The first kappa shape index (κ1) is 22.8. The summed E-state index contributed by atoms with van der Waals surface area (Å²) in [6.07, 6.45) is 2.60. The predicted molar refractivity (Wildman–Crippen MR) is 128 cm³/mol. The molecule has 2 heterocycles. The quantitative estimate of drug-likeness (QED) is 0.349. The lowest BCUT2D eigenvalue weighted by atomic mass is 10.0. The summed E-state index contributed by atoms with van der Waals surface area (Å²) in [5, 5.41) is 18.0. The van der Waals surface area contributed by atoms with Gasteiger partial charge in [-0.2, -0.15) is 5.10 Å². The summed E-state index contributed by atoms with van der Waals surface area (Å²) < 4.78 is 1.44. The average molecular weight is 502 g/mol. The monoisotopic (exact) mass is 500 g/mol. The maximum Gasteiger partial charge on any atom is 0.307 e. The van der Waals surface area contributed by atoms with Gasteiger partial charge in [-0.15, -0.1) is 0 Å². The highest BCUT2D eigenvalue weighted by atomic mass is 35.5. The Morgan fingerprint density at radius 1 is 1.00 bits per heavy atom. The molecule has 166 valence electrons. The number of anilines is 1. The second-order valence-corrected chi connectivity index (χ2v) is 8.24. The number of amides is 1. The maximum atomic E-state index is 13.2. The van der Waals surface area contributed by atoms with E-state index in [0.29, 0.717) is 32.7 Å². The molecule has 0 spiro atoms. The molecule has 0 saturated heterocycles. The van der Waals surface area contributed by atoms with Gasteiger partial charge in [-0.3, -0.25) is 14.6 Å². The number of carbonyl (C=O) groups is 2. The highest BCUT2D eigenvalue weighted by Gasteiger charge is 2.27. The fraction of sp³-hybridized carbons (Fsp3) is 0.0435. The van der Waals surface area contributed by atoms with E-state index in [4.69, 9.17) is 34.8 Å². The zero-order valence-electron chi connectivity index (χ0n) is 16.8. The summed E-state index contributed by atoms with van der Waals surface area (Å²) in [5.41, 5.74) is 2.03. The normalized spacial score (nSPS) is 10.8. The molecule has 2 aromatic carbocycles. The van der Waals surface area contributed by atoms with Crippen LogP contribution >= 0.6 is 34.8 Å². The van der Waals surface area contributed by atoms with Crippen LogP contribution in [-0.2, 0) is 11.2 Å². The van der Waals surface area contributed by atoms with Crippen molar-refractivity contribution in [3.63, 3.8) is 0 Å². The number of halogens is 3. The minimum atomic E-state index is -1.12. The van der Waals surface area contributed by atoms with Gasteiger partial charge in [0.05, 0.1) is 34.7 Å². The molecule has 4 aromatic rings. The van der Waals surface area contributed by atoms with Crippen LogP contribution in [0.15, 0.2) is 67.0 Å². The molecule has 0 radical (unpaired) electrons. The van der Waals surface area contributed by atoms with Crippen LogP contribution in [0.25, 0.3) is 16.9 Å². The summed E-state index contributed by atoms with van der Waals surface area (Å²) in [6.45, 7) is 0. The van der Waals surface area contributed by atoms with E-state index in [2.05, 4.69) is 15.4 Å². The molecule has 0 fully saturated rings. The summed E-state index contributed by atoms with van der Waals surface area (Å²) >= 11 is 18.5. The van der Waals surface area contributed by atoms with E-state index in [1.165, 1.54) is 16.9 Å². The van der Waals surface area contributed by atoms with Crippen molar-refractivity contribution in [3.05, 3.63) is 93.3 Å². The van der Waals surface area contributed by atoms with Crippen LogP contribution in [-0.4, -0.2) is 31.7 Å². The number of hydrogen-bond acceptors (Lipinski definition) is 4. The van der Waals surface area contributed by atoms with Crippen LogP contribution in [0.3, 0.4) is 0 Å². The van der Waals surface area contributed by atoms with Crippen LogP contribution < -0.4 is 5.32 Å². The van der Waals surface area contributed by atoms with Gasteiger partial charge >= 0.3 is 5.97 Å². The number of nitrogens with zero attached hydrogens (tertiary/aromatic N) is 3. The molecule has 10 heteroatoms. The van der Waals surface area contributed by atoms with E-state index in [-0.39, 0.29) is 16.3 Å². The minimum Gasteiger partial charge on any atom is -0.481 e. The SMILES string of the molecule is O=C(O)Cc1c(C(=O)Nc2cccnc2)nn(-c2ccc(Cl)cc2Cl)c1-c1ccc(Cl)cc1. The lowest BCUT2D eigenvalue weighted by molar-refractivity contribution is -0.136. The summed E-state index contributed by atoms with van der Waals surface area (Å²) in [5.74, 6) is -1.71. The smallest absolute Gasteiger partial charge is 0.307 e. The summed E-state index contributed by atoms with van der Waals surface area (Å²) in [4.78, 5) is 28.9. The number of pyridine rings is 1. The number of benzene rings is 2. The third-order valence-electron chi connectivity index (χ3n) is 4.70. The van der Waals surface area contributed by atoms with E-state index in [9.17, 15) is 14.7 Å². The van der Waals surface area contributed by atoms with Gasteiger partial charge in [0.1, 0.15) is 0 Å². The fourth-order valence-electron chi connectivity index (χ4n) is 3.31. The average Bonchev–Trinajstić information content (AvgIpc) is 3.13. The maximum absolute atomic E-state index is 13.2. The second kappa shape index (κ2) is 9.62. The van der Waals surface area contributed by atoms with Crippen molar-refractivity contribution in [1.82, 2.24) is 14.8 Å². The lowest BCUT2D eigenvalue weighted by Gasteiger charge is -2.11. The fourth-order valence-corrected chi connectivity index (χ4v) is 3.92. The molecule has 0 saturated carbocycles. The molecule has 0 aliphatic carbocycles. The van der Waals surface area contributed by atoms with E-state index >= 15 is 0 Å². The zero-order valence-corrected chi connectivity index (χ0v) is 19.1. The van der Waals surface area contributed by atoms with Gasteiger partial charge in [0, 0.05) is 27.4 Å². The van der Waals surface area contributed by atoms with Crippen LogP contribution in [0, 0.1) is 0 Å². The molecular weight excluding hydrogens is 487 g/mol. The minimum absolute atomic E-state index is 0.0581. The van der Waals surface area contributed by atoms with Crippen molar-refractivity contribution in [2.24, 2.45) is 0 Å². The third kappa shape index (κ3) is 5.01. The Bertz CT molecular complexity index is 1340. The van der Waals surface area contributed by atoms with E-state index in [1.54, 1.807) is 54.7 Å². The number of aromatic nitrogens is 3. The molecule has 0 aliphatic rings. The molecule has 0 unspecified atom stereocenters. The summed E-state index contributed by atoms with van der Waals surface area (Å²) in [6, 6.07) is 14.9. The second-order valence-electron chi connectivity index (χ2n) is 6.96. The van der Waals surface area contributed by atoms with Crippen molar-refractivity contribution in [3.8, 4) is 16.9 Å². The number of carboxylic acids is 1. The topological polar surface area (TPSA) is 97.1 Å². The zero-order chi connectivity index (χ0) is 23.5. The van der Waals surface area contributed by atoms with Crippen LogP contribution in [0.5, 0.6) is 0 Å². The Labute approximate surface area is 203 Å². The first-order chi connectivity index (χ1) is 15.8. The molecular formula is C23H15Cl3N4O3. The predicted octanol–water partition coefficient (Wildman–Crippen LogP) is 5.77. The van der Waals surface area contributed by atoms with Crippen LogP contribution in [0.1, 0.15) is 16.1 Å². The molecule has 7 nitrogen and oxygen atoms in total. The van der Waals surface area contributed by atoms with Gasteiger partial charge in [-0.05, 0) is 42.5 Å². The number of aliphatic carboxylic acids is 1. The van der Waals surface area contributed by atoms with E-state index in [1.807, 2.05) is 0 Å². The molecule has 2 aromatic heterocycles. The Morgan fingerprint density at radius 3 is 2.36 bits per heavy atom. The molecule has 0 bridgehead atoms. The van der Waals surface area contributed by atoms with Crippen LogP contribution in [0.4, 0.5) is 5.69 Å². The van der Waals surface area contributed by atoms with Crippen molar-refractivity contribution in [1.29, 1.82) is 0 Å². The lowest BCUT2D eigenvalue weighted by Crippen LogP contribution is -2.16. The number of carbonyl (C=O) groups excluding carboxylic acids is 1. The van der Waals surface area contributed by atoms with Crippen molar-refractivity contribution >= 4 is 52.4 Å². The first-order valence-corrected chi connectivity index (χ1v) is 10.7. The van der Waals surface area contributed by atoms with Crippen LogP contribution in [0.2, 0.25) is 15.1 Å². The number of carboxylic acid groups (broad SMARTS) is 1. The molecule has 1 amide bonds. The Balaban J connectivity index is 1.95. The number of rotatable bonds is 6. The van der Waals surface area contributed by atoms with E-state index in [0.717, 1.165) is 0 Å². The molecule has 0 aliphatic heterocycles. The van der Waals surface area contributed by atoms with Crippen molar-refractivity contribution < 1.29 is 14.7 Å². The summed E-state index contributed by atoms with van der Waals surface area (Å²) in [7, 11) is 0. The largest absolute Gasteiger partial charge is 0.481 e. The standard InChI is InChI=1S/C23H15Cl3N4O3/c24-14-5-3-13(4-6-14)22-17(11-20(31)32)21(23(33)28-16-2-1-9-27-12-16)29-30(22)19-8-7-15(25)10-18(19)26/h1-10,12H,11H2,(H,28,33)(H,31,32). The van der Waals surface area contributed by atoms with Gasteiger partial charge < -0.3 is 10.4 Å². The van der Waals surface area contributed by atoms with Crippen molar-refractivity contribution in [2.75, 3.05) is 5.32 Å². The first-order valence-electron chi connectivity index (χ1n) is 9.60. The van der Waals surface area contributed by atoms with E-state index < -0.39 is 18.3 Å². The van der Waals surface area contributed by atoms with Gasteiger partial charge in [0.2, 0.25) is 0 Å². The molecule has 33 heavy (non-hydrogen) atoms. The van der Waals surface area contributed by atoms with Gasteiger partial charge in [0.25, 0.3) is 5.91 Å². The number of nitrogens with one attached hydrogen (secondary N) is 1. The van der Waals surface area contributed by atoms with Gasteiger partial charge in [-0.1, -0.05) is 46.9 Å². The number of hydrogen-bond donors (Lipinski definition) is 2.